The molecule has 5 saturated heterocycles. The number of carboxylic acid groups (broad SMARTS) is 1. The summed E-state index contributed by atoms with van der Waals surface area (Å²) in [7, 11) is 0. The summed E-state index contributed by atoms with van der Waals surface area (Å²) in [6, 6.07) is -4.81. The van der Waals surface area contributed by atoms with E-state index in [1.807, 2.05) is 6.08 Å². The van der Waals surface area contributed by atoms with Crippen molar-refractivity contribution >= 4 is 23.7 Å². The SMILES string of the molecule is CCCCCCCCCCCCCCC/C=C/[C@H](O)[C@@H](CO[C@@H]1O[C@H](CO)[C@@H](O[C@@H]2O[C@H](CO)[C@H](O[C@@H]3O[C@H](CO)[C@H](O)[C@H](O[C@@H]4O[C@H](CO)[C@H](O)[C@H](O)[C@H]4O)[C@H]3NC(C)=O)[C@H](OC3(C(=O)O)C[C@H](O)[C@@H](NC(C)=O)[C@@H]([C@H](O)[C@H](O)CO)O3)[C@H]2O)[C@H](O)[C@H]1O)NC(=O)CCCCCCCCCCCCCCCCCCC. The number of aliphatic carboxylic acids is 1. The zero-order valence-electron chi connectivity index (χ0n) is 65.6. The molecule has 1 unspecified atom stereocenters. The molecule has 0 radical (unpaired) electrons. The summed E-state index contributed by atoms with van der Waals surface area (Å²) in [5.41, 5.74) is 0. The molecule has 5 heterocycles. The largest absolute Gasteiger partial charge is 0.477 e. The van der Waals surface area contributed by atoms with E-state index in [1.165, 1.54) is 128 Å². The lowest BCUT2D eigenvalue weighted by Gasteiger charge is -2.52. The van der Waals surface area contributed by atoms with Crippen molar-refractivity contribution < 1.29 is 153 Å². The normalized spacial score (nSPS) is 33.8. The van der Waals surface area contributed by atoms with Crippen LogP contribution < -0.4 is 16.0 Å². The van der Waals surface area contributed by atoms with Crippen LogP contribution in [0.2, 0.25) is 0 Å². The Morgan fingerprint density at radius 3 is 1.39 bits per heavy atom. The van der Waals surface area contributed by atoms with Crippen LogP contribution in [0.25, 0.3) is 0 Å². The maximum absolute atomic E-state index is 13.8. The lowest BCUT2D eigenvalue weighted by Crippen LogP contribution is -2.72. The van der Waals surface area contributed by atoms with Crippen molar-refractivity contribution in [2.45, 2.75) is 411 Å². The van der Waals surface area contributed by atoms with Gasteiger partial charge in [-0.15, -0.1) is 0 Å². The summed E-state index contributed by atoms with van der Waals surface area (Å²) in [4.78, 5) is 53.1. The molecule has 5 aliphatic heterocycles. The van der Waals surface area contributed by atoms with Crippen molar-refractivity contribution in [2.24, 2.45) is 0 Å². The zero-order valence-corrected chi connectivity index (χ0v) is 65.6. The van der Waals surface area contributed by atoms with Crippen LogP contribution in [0.3, 0.4) is 0 Å². The number of nitrogens with one attached hydrogen (secondary N) is 3. The number of carbonyl (C=O) groups excluding carboxylic acids is 3. The number of aliphatic hydroxyl groups excluding tert-OH is 16. The number of amides is 3. The summed E-state index contributed by atoms with van der Waals surface area (Å²) in [5, 5.41) is 197. The standard InChI is InChI=1S/C77H139N3O31/c1-5-7-9-11-13-15-17-19-21-22-24-26-28-30-32-34-36-38-56(91)80-48(49(88)37-35-33-31-29-27-25-23-20-18-16-14-12-10-8-6-2)45-102-73-65(98)63(96)67(54(43-84)105-73)107-75-66(99)71(111-77(76(100)101)39-50(89)57(78-46(3)86)70(110-77)59(92)51(90)40-81)68(55(44-85)106-75)108-72-58(79-47(4)87)69(61(94)53(42-83)103-72)109-74-64(97)62(95)60(93)52(41-82)104-74/h35,37,48-55,57-75,81-85,88-90,92-99H,5-34,36,38-45H2,1-4H3,(H,78,86)(H,79,87)(H,80,91)(H,100,101)/b37-35+/t48-,49+,50+,51-,52-,53-,54-,55-,57-,58-,59-,60+,61+,62+,63-,64-,65-,66-,67-,68+,69-,70+,71-,72+,73-,74+,75+,77?/m1/s1. The first kappa shape index (κ1) is 98.2. The number of hydrogen-bond donors (Lipinski definition) is 20. The van der Waals surface area contributed by atoms with Crippen molar-refractivity contribution in [3.63, 3.8) is 0 Å². The highest BCUT2D eigenvalue weighted by molar-refractivity contribution is 5.77. The summed E-state index contributed by atoms with van der Waals surface area (Å²) in [6.07, 6.45) is -11.3. The van der Waals surface area contributed by atoms with Gasteiger partial charge in [0, 0.05) is 26.7 Å². The molecule has 0 aromatic heterocycles. The number of carboxylic acids is 1. The summed E-state index contributed by atoms with van der Waals surface area (Å²) in [6.45, 7) is 0.352. The molecule has 28 atom stereocenters. The van der Waals surface area contributed by atoms with E-state index >= 15 is 0 Å². The zero-order chi connectivity index (χ0) is 81.6. The van der Waals surface area contributed by atoms with Crippen molar-refractivity contribution in [1.29, 1.82) is 0 Å². The van der Waals surface area contributed by atoms with E-state index < -0.39 is 235 Å². The van der Waals surface area contributed by atoms with Gasteiger partial charge in [0.2, 0.25) is 17.7 Å². The predicted molar refractivity (Wildman–Crippen MR) is 397 cm³/mol. The highest BCUT2D eigenvalue weighted by atomic mass is 16.8. The van der Waals surface area contributed by atoms with Crippen LogP contribution >= 0.6 is 0 Å². The second kappa shape index (κ2) is 53.1. The molecule has 0 saturated carbocycles. The quantitative estimate of drug-likeness (QED) is 0.0291. The Hall–Kier alpha value is -3.42. The first-order chi connectivity index (χ1) is 53.3. The number of hydrogen-bond acceptors (Lipinski definition) is 30. The maximum atomic E-state index is 13.8. The third-order valence-electron chi connectivity index (χ3n) is 21.6. The van der Waals surface area contributed by atoms with Gasteiger partial charge in [0.1, 0.15) is 116 Å². The Morgan fingerprint density at radius 2 is 0.892 bits per heavy atom. The van der Waals surface area contributed by atoms with Gasteiger partial charge in [-0.1, -0.05) is 206 Å². The van der Waals surface area contributed by atoms with Crippen LogP contribution in [0.5, 0.6) is 0 Å². The average Bonchev–Trinajstić information content (AvgIpc) is 0.749. The van der Waals surface area contributed by atoms with Crippen molar-refractivity contribution in [3.8, 4) is 0 Å². The van der Waals surface area contributed by atoms with Gasteiger partial charge in [0.15, 0.2) is 25.2 Å². The Kier molecular flexibility index (Phi) is 47.0. The minimum atomic E-state index is -3.38. The molecule has 111 heavy (non-hydrogen) atoms. The van der Waals surface area contributed by atoms with Gasteiger partial charge in [-0.25, -0.2) is 4.79 Å². The van der Waals surface area contributed by atoms with Crippen LogP contribution in [0.15, 0.2) is 12.2 Å². The Balaban J connectivity index is 1.37. The fourth-order valence-corrected chi connectivity index (χ4v) is 15.0. The highest BCUT2D eigenvalue weighted by Gasteiger charge is 2.62. The van der Waals surface area contributed by atoms with Crippen LogP contribution in [-0.2, 0) is 66.5 Å². The number of aliphatic hydroxyl groups is 16. The Morgan fingerprint density at radius 1 is 0.468 bits per heavy atom. The van der Waals surface area contributed by atoms with E-state index in [9.17, 15) is 106 Å². The molecule has 0 aromatic rings. The fourth-order valence-electron chi connectivity index (χ4n) is 15.0. The van der Waals surface area contributed by atoms with E-state index in [1.54, 1.807) is 6.08 Å². The van der Waals surface area contributed by atoms with Crippen LogP contribution in [0.4, 0.5) is 0 Å². The van der Waals surface area contributed by atoms with E-state index in [4.69, 9.17) is 47.4 Å². The van der Waals surface area contributed by atoms with Gasteiger partial charge in [-0.2, -0.15) is 0 Å². The average molecular weight is 1600 g/mol. The summed E-state index contributed by atoms with van der Waals surface area (Å²) < 4.78 is 60.2. The Bertz CT molecular complexity index is 2570. The molecule has 5 rings (SSSR count). The van der Waals surface area contributed by atoms with E-state index in [0.717, 1.165) is 71.6 Å². The highest BCUT2D eigenvalue weighted by Crippen LogP contribution is 2.41. The van der Waals surface area contributed by atoms with Gasteiger partial charge in [-0.3, -0.25) is 14.4 Å². The van der Waals surface area contributed by atoms with Gasteiger partial charge in [-0.05, 0) is 19.3 Å². The smallest absolute Gasteiger partial charge is 0.364 e. The molecule has 5 aliphatic rings. The molecule has 34 heteroatoms. The molecule has 0 aromatic carbocycles. The summed E-state index contributed by atoms with van der Waals surface area (Å²) in [5.74, 6) is -7.70. The molecule has 0 bridgehead atoms. The molecule has 0 aliphatic carbocycles. The number of allylic oxidation sites excluding steroid dienone is 1. The van der Waals surface area contributed by atoms with E-state index in [2.05, 4.69) is 29.8 Å². The second-order valence-electron chi connectivity index (χ2n) is 30.7. The van der Waals surface area contributed by atoms with Gasteiger partial charge >= 0.3 is 5.97 Å². The second-order valence-corrected chi connectivity index (χ2v) is 30.7. The monoisotopic (exact) mass is 1600 g/mol. The fraction of sp³-hybridized carbons (Fsp3) is 0.922. The first-order valence-corrected chi connectivity index (χ1v) is 41.1. The van der Waals surface area contributed by atoms with Crippen molar-refractivity contribution in [2.75, 3.05) is 39.6 Å². The topological polar surface area (TPSA) is 541 Å². The number of rotatable bonds is 56. The lowest BCUT2D eigenvalue weighted by molar-refractivity contribution is -0.403. The van der Waals surface area contributed by atoms with E-state index in [0.29, 0.717) is 12.8 Å². The minimum Gasteiger partial charge on any atom is -0.477 e. The molecule has 5 fully saturated rings. The Labute approximate surface area is 653 Å². The number of unbranched alkanes of at least 4 members (excludes halogenated alkanes) is 29. The molecular formula is C77H139N3O31. The summed E-state index contributed by atoms with van der Waals surface area (Å²) >= 11 is 0. The lowest BCUT2D eigenvalue weighted by atomic mass is 9.88. The van der Waals surface area contributed by atoms with Crippen LogP contribution in [0, 0.1) is 0 Å². The molecule has 34 nitrogen and oxygen atoms in total. The molecular weight excluding hydrogens is 1460 g/mol. The van der Waals surface area contributed by atoms with E-state index in [-0.39, 0.29) is 12.3 Å². The molecule has 3 amide bonds. The predicted octanol–water partition coefficient (Wildman–Crippen LogP) is 0.518. The van der Waals surface area contributed by atoms with Gasteiger partial charge in [0.05, 0.1) is 63.9 Å². The third-order valence-corrected chi connectivity index (χ3v) is 21.6. The number of ether oxygens (including phenoxy) is 10. The van der Waals surface area contributed by atoms with Crippen molar-refractivity contribution in [3.05, 3.63) is 12.2 Å². The van der Waals surface area contributed by atoms with Crippen molar-refractivity contribution in [1.82, 2.24) is 16.0 Å². The maximum Gasteiger partial charge on any atom is 0.364 e. The van der Waals surface area contributed by atoms with Crippen LogP contribution in [-0.4, -0.2) is 321 Å². The molecule has 20 N–H and O–H groups in total. The van der Waals surface area contributed by atoms with Gasteiger partial charge < -0.3 is 150 Å². The minimum absolute atomic E-state index is 0.135. The first-order valence-electron chi connectivity index (χ1n) is 41.1. The third kappa shape index (κ3) is 31.4. The molecule has 0 spiro atoms. The number of carbonyl (C=O) groups is 4. The molecule has 648 valence electrons. The van der Waals surface area contributed by atoms with Gasteiger partial charge in [0.25, 0.3) is 5.79 Å². The van der Waals surface area contributed by atoms with Crippen LogP contribution in [0.1, 0.15) is 240 Å².